The second-order valence-corrected chi connectivity index (χ2v) is 8.72. The van der Waals surface area contributed by atoms with E-state index in [9.17, 15) is 10.1 Å². The average molecular weight is 548 g/mol. The molecule has 0 radical (unpaired) electrons. The second kappa shape index (κ2) is 13.9. The molecule has 0 saturated carbocycles. The highest BCUT2D eigenvalue weighted by atomic mass is 16.5. The second-order valence-electron chi connectivity index (χ2n) is 8.72. The average Bonchev–Trinajstić information content (AvgIpc) is 3.55. The summed E-state index contributed by atoms with van der Waals surface area (Å²) < 4.78 is 16.5. The number of carbonyl (C=O) groups is 1. The van der Waals surface area contributed by atoms with Crippen LogP contribution in [0, 0.1) is 11.3 Å². The monoisotopic (exact) mass is 547 g/mol. The number of carboxylic acid groups (broad SMARTS) is 1. The summed E-state index contributed by atoms with van der Waals surface area (Å²) >= 11 is 0. The quantitative estimate of drug-likeness (QED) is 0.196. The molecule has 2 heterocycles. The van der Waals surface area contributed by atoms with Crippen LogP contribution in [-0.4, -0.2) is 63.8 Å². The van der Waals surface area contributed by atoms with Crippen molar-refractivity contribution in [2.45, 2.75) is 12.1 Å². The number of nitrogens with zero attached hydrogens (tertiary/aromatic N) is 2. The van der Waals surface area contributed by atoms with Crippen molar-refractivity contribution in [2.24, 2.45) is 5.73 Å². The summed E-state index contributed by atoms with van der Waals surface area (Å²) in [5.41, 5.74) is 7.91. The van der Waals surface area contributed by atoms with Crippen LogP contribution in [0.4, 0.5) is 0 Å². The summed E-state index contributed by atoms with van der Waals surface area (Å²) in [6, 6.07) is 19.5. The van der Waals surface area contributed by atoms with Crippen LogP contribution in [0.15, 0.2) is 77.6 Å². The SMILES string of the molecule is COc1cccc(-c2cc(-c3ccoc3)c(C#N)c(OCc3ccc(C(=O)O)cc3)n2)c1.NC(CO)(CO)CO. The Morgan fingerprint density at radius 2 is 1.75 bits per heavy atom. The van der Waals surface area contributed by atoms with Crippen LogP contribution in [0.1, 0.15) is 21.5 Å². The van der Waals surface area contributed by atoms with E-state index < -0.39 is 31.3 Å². The number of carboxylic acids is 1. The molecule has 40 heavy (non-hydrogen) atoms. The molecule has 11 nitrogen and oxygen atoms in total. The summed E-state index contributed by atoms with van der Waals surface area (Å²) in [5.74, 6) is -0.146. The zero-order chi connectivity index (χ0) is 29.1. The number of nitrogens with two attached hydrogens (primary N) is 1. The van der Waals surface area contributed by atoms with Crippen molar-refractivity contribution in [3.8, 4) is 40.1 Å². The number of aromatic carboxylic acids is 1. The zero-order valence-corrected chi connectivity index (χ0v) is 21.7. The molecule has 0 aliphatic heterocycles. The zero-order valence-electron chi connectivity index (χ0n) is 21.7. The van der Waals surface area contributed by atoms with Crippen LogP contribution in [-0.2, 0) is 6.61 Å². The summed E-state index contributed by atoms with van der Waals surface area (Å²) in [6.45, 7) is -1.09. The molecule has 0 unspecified atom stereocenters. The molecule has 0 bridgehead atoms. The van der Waals surface area contributed by atoms with Gasteiger partial charge in [0.05, 0.1) is 56.3 Å². The third kappa shape index (κ3) is 7.43. The van der Waals surface area contributed by atoms with E-state index in [1.807, 2.05) is 30.3 Å². The van der Waals surface area contributed by atoms with Crippen LogP contribution >= 0.6 is 0 Å². The molecule has 0 atom stereocenters. The minimum atomic E-state index is -1.21. The molecule has 0 fully saturated rings. The minimum absolute atomic E-state index is 0.119. The fourth-order valence-corrected chi connectivity index (χ4v) is 3.36. The van der Waals surface area contributed by atoms with Gasteiger partial charge in [-0.25, -0.2) is 9.78 Å². The highest BCUT2D eigenvalue weighted by Crippen LogP contribution is 2.34. The van der Waals surface area contributed by atoms with Crippen LogP contribution in [0.2, 0.25) is 0 Å². The van der Waals surface area contributed by atoms with Crippen molar-refractivity contribution in [1.82, 2.24) is 4.98 Å². The first-order valence-electron chi connectivity index (χ1n) is 12.0. The van der Waals surface area contributed by atoms with Crippen molar-refractivity contribution < 1.29 is 39.1 Å². The Morgan fingerprint density at radius 3 is 2.27 bits per heavy atom. The van der Waals surface area contributed by atoms with E-state index in [0.29, 0.717) is 17.0 Å². The predicted octanol–water partition coefficient (Wildman–Crippen LogP) is 2.83. The molecular formula is C29H29N3O8. The van der Waals surface area contributed by atoms with Gasteiger partial charge in [0.25, 0.3) is 0 Å². The van der Waals surface area contributed by atoms with Gasteiger partial charge in [0.2, 0.25) is 5.88 Å². The molecule has 2 aromatic heterocycles. The van der Waals surface area contributed by atoms with Gasteiger partial charge in [-0.1, -0.05) is 24.3 Å². The Balaban J connectivity index is 0.000000482. The lowest BCUT2D eigenvalue weighted by atomic mass is 10.0. The lowest BCUT2D eigenvalue weighted by molar-refractivity contribution is 0.0692. The van der Waals surface area contributed by atoms with Gasteiger partial charge in [-0.15, -0.1) is 0 Å². The van der Waals surface area contributed by atoms with E-state index >= 15 is 0 Å². The molecule has 2 aromatic carbocycles. The van der Waals surface area contributed by atoms with E-state index in [1.165, 1.54) is 18.4 Å². The van der Waals surface area contributed by atoms with Crippen molar-refractivity contribution in [1.29, 1.82) is 5.26 Å². The molecular weight excluding hydrogens is 518 g/mol. The smallest absolute Gasteiger partial charge is 0.335 e. The van der Waals surface area contributed by atoms with E-state index in [2.05, 4.69) is 11.1 Å². The first-order chi connectivity index (χ1) is 19.3. The molecule has 208 valence electrons. The van der Waals surface area contributed by atoms with Gasteiger partial charge in [-0.05, 0) is 42.0 Å². The molecule has 4 rings (SSSR count). The number of benzene rings is 2. The summed E-state index contributed by atoms with van der Waals surface area (Å²) in [4.78, 5) is 15.6. The maximum atomic E-state index is 11.0. The third-order valence-electron chi connectivity index (χ3n) is 5.82. The predicted molar refractivity (Wildman–Crippen MR) is 145 cm³/mol. The molecule has 0 spiro atoms. The van der Waals surface area contributed by atoms with Crippen LogP contribution in [0.25, 0.3) is 22.4 Å². The summed E-state index contributed by atoms with van der Waals surface area (Å²) in [7, 11) is 1.59. The van der Waals surface area contributed by atoms with Gasteiger partial charge in [0, 0.05) is 16.7 Å². The Morgan fingerprint density at radius 1 is 1.05 bits per heavy atom. The fourth-order valence-electron chi connectivity index (χ4n) is 3.36. The molecule has 0 aliphatic rings. The molecule has 0 aliphatic carbocycles. The van der Waals surface area contributed by atoms with E-state index in [-0.39, 0.29) is 23.6 Å². The van der Waals surface area contributed by atoms with E-state index in [0.717, 1.165) is 16.7 Å². The molecule has 4 aromatic rings. The Bertz CT molecular complexity index is 1440. The fraction of sp³-hybridized carbons (Fsp3) is 0.207. The summed E-state index contributed by atoms with van der Waals surface area (Å²) in [5, 5.41) is 43.9. The lowest BCUT2D eigenvalue weighted by Crippen LogP contribution is -2.50. The maximum Gasteiger partial charge on any atom is 0.335 e. The number of aromatic nitrogens is 1. The van der Waals surface area contributed by atoms with Gasteiger partial charge in [-0.3, -0.25) is 0 Å². The number of nitriles is 1. The van der Waals surface area contributed by atoms with Gasteiger partial charge in [0.15, 0.2) is 0 Å². The van der Waals surface area contributed by atoms with E-state index in [1.54, 1.807) is 31.6 Å². The van der Waals surface area contributed by atoms with Gasteiger partial charge in [-0.2, -0.15) is 5.26 Å². The third-order valence-corrected chi connectivity index (χ3v) is 5.82. The van der Waals surface area contributed by atoms with Gasteiger partial charge >= 0.3 is 5.97 Å². The van der Waals surface area contributed by atoms with Crippen LogP contribution < -0.4 is 15.2 Å². The van der Waals surface area contributed by atoms with Crippen molar-refractivity contribution >= 4 is 5.97 Å². The standard InChI is InChI=1S/C25H18N2O5.C4H11NO3/c1-30-20-4-2-3-18(11-20)23-12-21(19-9-10-31-15-19)22(13-26)24(27-23)32-14-16-5-7-17(8-6-16)25(28)29;5-4(1-6,2-7)3-8/h2-12,15H,14H2,1H3,(H,28,29);6-8H,1-3,5H2. The molecule has 0 amide bonds. The lowest BCUT2D eigenvalue weighted by Gasteiger charge is -2.20. The largest absolute Gasteiger partial charge is 0.497 e. The van der Waals surface area contributed by atoms with Crippen LogP contribution in [0.3, 0.4) is 0 Å². The van der Waals surface area contributed by atoms with Crippen molar-refractivity contribution in [3.63, 3.8) is 0 Å². The highest BCUT2D eigenvalue weighted by molar-refractivity contribution is 5.87. The number of pyridine rings is 1. The number of ether oxygens (including phenoxy) is 2. The number of hydrogen-bond acceptors (Lipinski definition) is 10. The van der Waals surface area contributed by atoms with Crippen molar-refractivity contribution in [2.75, 3.05) is 26.9 Å². The Kier molecular flexibility index (Phi) is 10.4. The first kappa shape index (κ1) is 29.8. The van der Waals surface area contributed by atoms with Crippen LogP contribution in [0.5, 0.6) is 11.6 Å². The topological polar surface area (TPSA) is 192 Å². The number of methoxy groups -OCH3 is 1. The normalized spacial score (nSPS) is 10.7. The van der Waals surface area contributed by atoms with Gasteiger partial charge in [0.1, 0.15) is 24.0 Å². The summed E-state index contributed by atoms with van der Waals surface area (Å²) in [6.07, 6.45) is 3.09. The maximum absolute atomic E-state index is 11.0. The minimum Gasteiger partial charge on any atom is -0.497 e. The molecule has 6 N–H and O–H groups in total. The first-order valence-corrected chi connectivity index (χ1v) is 12.0. The number of hydrogen-bond donors (Lipinski definition) is 5. The van der Waals surface area contributed by atoms with E-state index in [4.69, 9.17) is 40.1 Å². The van der Waals surface area contributed by atoms with Gasteiger partial charge < -0.3 is 40.1 Å². The number of aliphatic hydroxyl groups excluding tert-OH is 3. The highest BCUT2D eigenvalue weighted by Gasteiger charge is 2.21. The number of furan rings is 1. The van der Waals surface area contributed by atoms with Crippen molar-refractivity contribution in [3.05, 3.63) is 89.9 Å². The number of aliphatic hydroxyl groups is 3. The number of rotatable bonds is 10. The molecule has 0 saturated heterocycles. The Hall–Kier alpha value is -4.73. The molecule has 11 heteroatoms. The Labute approximate surface area is 230 Å².